The number of likely N-dealkylation sites (N-methyl/N-ethyl adjacent to an activating group) is 1. The van der Waals surface area contributed by atoms with E-state index in [9.17, 15) is 0 Å². The molecule has 3 nitrogen and oxygen atoms in total. The molecule has 17 heavy (non-hydrogen) atoms. The highest BCUT2D eigenvalue weighted by molar-refractivity contribution is 9.10. The summed E-state index contributed by atoms with van der Waals surface area (Å²) in [5.41, 5.74) is 1.27. The van der Waals surface area contributed by atoms with Crippen molar-refractivity contribution in [1.82, 2.24) is 15.2 Å². The second-order valence-corrected chi connectivity index (χ2v) is 5.54. The van der Waals surface area contributed by atoms with Crippen molar-refractivity contribution in [2.45, 2.75) is 25.8 Å². The predicted octanol–water partition coefficient (Wildman–Crippen LogP) is 2.32. The monoisotopic (exact) mass is 299 g/mol. The smallest absolute Gasteiger partial charge is 0.0410 e. The summed E-state index contributed by atoms with van der Waals surface area (Å²) >= 11 is 3.46. The van der Waals surface area contributed by atoms with Gasteiger partial charge in [-0.2, -0.15) is 0 Å². The van der Waals surface area contributed by atoms with Crippen molar-refractivity contribution in [2.24, 2.45) is 0 Å². The van der Waals surface area contributed by atoms with Gasteiger partial charge in [0.1, 0.15) is 0 Å². The summed E-state index contributed by atoms with van der Waals surface area (Å²) in [4.78, 5) is 6.43. The molecule has 0 saturated heterocycles. The van der Waals surface area contributed by atoms with Gasteiger partial charge in [-0.25, -0.2) is 0 Å². The van der Waals surface area contributed by atoms with Crippen molar-refractivity contribution in [3.8, 4) is 0 Å². The topological polar surface area (TPSA) is 28.2 Å². The number of nitrogens with one attached hydrogen (secondary N) is 1. The Bertz CT molecular complexity index is 328. The largest absolute Gasteiger partial charge is 0.312 e. The lowest BCUT2D eigenvalue weighted by Crippen LogP contribution is -2.40. The first kappa shape index (κ1) is 14.6. The minimum atomic E-state index is 0.487. The molecule has 1 aromatic heterocycles. The Kier molecular flexibility index (Phi) is 6.70. The van der Waals surface area contributed by atoms with E-state index in [0.29, 0.717) is 6.04 Å². The molecular formula is C13H22BrN3. The van der Waals surface area contributed by atoms with Crippen molar-refractivity contribution in [1.29, 1.82) is 0 Å². The van der Waals surface area contributed by atoms with Gasteiger partial charge < -0.3 is 10.2 Å². The maximum absolute atomic E-state index is 4.21. The molecule has 96 valence electrons. The molecule has 0 saturated carbocycles. The van der Waals surface area contributed by atoms with E-state index in [0.717, 1.165) is 24.0 Å². The van der Waals surface area contributed by atoms with Crippen LogP contribution in [0.3, 0.4) is 0 Å². The van der Waals surface area contributed by atoms with Gasteiger partial charge in [0.05, 0.1) is 0 Å². The lowest BCUT2D eigenvalue weighted by molar-refractivity contribution is 0.336. The van der Waals surface area contributed by atoms with Crippen LogP contribution in [0.25, 0.3) is 0 Å². The summed E-state index contributed by atoms with van der Waals surface area (Å²) in [6, 6.07) is 2.63. The van der Waals surface area contributed by atoms with Gasteiger partial charge in [0.25, 0.3) is 0 Å². The van der Waals surface area contributed by atoms with Gasteiger partial charge in [-0.05, 0) is 61.0 Å². The second-order valence-electron chi connectivity index (χ2n) is 4.63. The molecular weight excluding hydrogens is 278 g/mol. The number of hydrogen-bond donors (Lipinski definition) is 1. The number of nitrogens with zero attached hydrogens (tertiary/aromatic N) is 2. The van der Waals surface area contributed by atoms with E-state index in [-0.39, 0.29) is 0 Å². The Morgan fingerprint density at radius 1 is 1.41 bits per heavy atom. The molecule has 1 aromatic rings. The second kappa shape index (κ2) is 7.80. The van der Waals surface area contributed by atoms with Gasteiger partial charge in [0.15, 0.2) is 0 Å². The molecule has 1 N–H and O–H groups in total. The predicted molar refractivity (Wildman–Crippen MR) is 76.3 cm³/mol. The van der Waals surface area contributed by atoms with Crippen molar-refractivity contribution in [3.63, 3.8) is 0 Å². The van der Waals surface area contributed by atoms with Gasteiger partial charge in [-0.15, -0.1) is 0 Å². The molecule has 0 radical (unpaired) electrons. The third-order valence-corrected chi connectivity index (χ3v) is 2.95. The molecule has 1 atom stereocenters. The molecule has 0 amide bonds. The zero-order valence-corrected chi connectivity index (χ0v) is 12.5. The first-order valence-corrected chi connectivity index (χ1v) is 6.88. The summed E-state index contributed by atoms with van der Waals surface area (Å²) in [6.45, 7) is 4.31. The van der Waals surface area contributed by atoms with E-state index in [4.69, 9.17) is 0 Å². The van der Waals surface area contributed by atoms with Crippen LogP contribution in [0.2, 0.25) is 0 Å². The van der Waals surface area contributed by atoms with E-state index in [2.05, 4.69) is 58.2 Å². The summed E-state index contributed by atoms with van der Waals surface area (Å²) in [5, 5.41) is 3.58. The lowest BCUT2D eigenvalue weighted by Gasteiger charge is -2.22. The van der Waals surface area contributed by atoms with E-state index in [1.54, 1.807) is 0 Å². The van der Waals surface area contributed by atoms with Gasteiger partial charge in [0.2, 0.25) is 0 Å². The van der Waals surface area contributed by atoms with Crippen molar-refractivity contribution in [2.75, 3.05) is 27.2 Å². The number of rotatable bonds is 7. The van der Waals surface area contributed by atoms with Gasteiger partial charge >= 0.3 is 0 Å². The third kappa shape index (κ3) is 6.15. The zero-order valence-electron chi connectivity index (χ0n) is 10.9. The molecule has 0 spiro atoms. The minimum absolute atomic E-state index is 0.487. The maximum Gasteiger partial charge on any atom is 0.0410 e. The van der Waals surface area contributed by atoms with Gasteiger partial charge in [-0.1, -0.05) is 6.92 Å². The van der Waals surface area contributed by atoms with Crippen LogP contribution in [0.15, 0.2) is 22.9 Å². The molecule has 1 heterocycles. The van der Waals surface area contributed by atoms with Crippen LogP contribution in [0.1, 0.15) is 18.9 Å². The van der Waals surface area contributed by atoms with Gasteiger partial charge in [-0.3, -0.25) is 4.98 Å². The molecule has 0 aliphatic rings. The molecule has 1 unspecified atom stereocenters. The quantitative estimate of drug-likeness (QED) is 0.837. The fourth-order valence-corrected chi connectivity index (χ4v) is 2.25. The Morgan fingerprint density at radius 3 is 2.76 bits per heavy atom. The SMILES string of the molecule is CCCNC(Cc1cncc(Br)c1)CN(C)C. The molecule has 4 heteroatoms. The van der Waals surface area contributed by atoms with E-state index in [1.165, 1.54) is 12.0 Å². The average molecular weight is 300 g/mol. The highest BCUT2D eigenvalue weighted by Gasteiger charge is 2.10. The Labute approximate surface area is 113 Å². The highest BCUT2D eigenvalue weighted by atomic mass is 79.9. The summed E-state index contributed by atoms with van der Waals surface area (Å²) in [5.74, 6) is 0. The standard InChI is InChI=1S/C13H22BrN3/c1-4-5-16-13(10-17(2)3)7-11-6-12(14)9-15-8-11/h6,8-9,13,16H,4-5,7,10H2,1-3H3. The van der Waals surface area contributed by atoms with Crippen LogP contribution >= 0.6 is 15.9 Å². The molecule has 0 bridgehead atoms. The fourth-order valence-electron chi connectivity index (χ4n) is 1.84. The summed E-state index contributed by atoms with van der Waals surface area (Å²) < 4.78 is 1.05. The highest BCUT2D eigenvalue weighted by Crippen LogP contribution is 2.11. The first-order valence-electron chi connectivity index (χ1n) is 6.09. The Balaban J connectivity index is 2.58. The Hall–Kier alpha value is -0.450. The van der Waals surface area contributed by atoms with E-state index < -0.39 is 0 Å². The first-order chi connectivity index (χ1) is 8.11. The number of aromatic nitrogens is 1. The van der Waals surface area contributed by atoms with Crippen molar-refractivity contribution < 1.29 is 0 Å². The van der Waals surface area contributed by atoms with Crippen LogP contribution in [0.4, 0.5) is 0 Å². The van der Waals surface area contributed by atoms with Crippen LogP contribution < -0.4 is 5.32 Å². The molecule has 0 aromatic carbocycles. The Morgan fingerprint density at radius 2 is 2.18 bits per heavy atom. The lowest BCUT2D eigenvalue weighted by atomic mass is 10.1. The van der Waals surface area contributed by atoms with Gasteiger partial charge in [0, 0.05) is 29.5 Å². The molecule has 0 fully saturated rings. The van der Waals surface area contributed by atoms with E-state index in [1.807, 2.05) is 12.4 Å². The van der Waals surface area contributed by atoms with E-state index >= 15 is 0 Å². The molecule has 0 aliphatic carbocycles. The van der Waals surface area contributed by atoms with Crippen LogP contribution in [0, 0.1) is 0 Å². The summed E-state index contributed by atoms with van der Waals surface area (Å²) in [7, 11) is 4.22. The van der Waals surface area contributed by atoms with Crippen LogP contribution in [-0.2, 0) is 6.42 Å². The fraction of sp³-hybridized carbons (Fsp3) is 0.615. The zero-order chi connectivity index (χ0) is 12.7. The number of hydrogen-bond acceptors (Lipinski definition) is 3. The summed E-state index contributed by atoms with van der Waals surface area (Å²) in [6.07, 6.45) is 5.95. The average Bonchev–Trinajstić information content (AvgIpc) is 2.25. The molecule has 1 rings (SSSR count). The van der Waals surface area contributed by atoms with Crippen molar-refractivity contribution >= 4 is 15.9 Å². The number of pyridine rings is 1. The number of halogens is 1. The van der Waals surface area contributed by atoms with Crippen molar-refractivity contribution in [3.05, 3.63) is 28.5 Å². The minimum Gasteiger partial charge on any atom is -0.312 e. The maximum atomic E-state index is 4.21. The molecule has 0 aliphatic heterocycles. The van der Waals surface area contributed by atoms with Crippen LogP contribution in [0.5, 0.6) is 0 Å². The normalized spacial score (nSPS) is 13.0. The van der Waals surface area contributed by atoms with Crippen LogP contribution in [-0.4, -0.2) is 43.1 Å². The third-order valence-electron chi connectivity index (χ3n) is 2.51.